The van der Waals surface area contributed by atoms with E-state index >= 15 is 0 Å². The van der Waals surface area contributed by atoms with Gasteiger partial charge in [0.05, 0.1) is 6.10 Å². The van der Waals surface area contributed by atoms with E-state index in [1.165, 1.54) is 17.3 Å². The number of nitrogens with one attached hydrogen (secondary N) is 1. The van der Waals surface area contributed by atoms with E-state index in [-0.39, 0.29) is 18.1 Å². The Labute approximate surface area is 100 Å². The van der Waals surface area contributed by atoms with E-state index in [9.17, 15) is 9.90 Å². The molecule has 3 atom stereocenters. The summed E-state index contributed by atoms with van der Waals surface area (Å²) < 4.78 is 1.53. The summed E-state index contributed by atoms with van der Waals surface area (Å²) in [5.74, 6) is 0.341. The second-order valence-electron chi connectivity index (χ2n) is 4.63. The molecule has 0 saturated heterocycles. The SMILES string of the molecule is CC(C(=O)NCC1CCC(O)C1)n1cncn1. The van der Waals surface area contributed by atoms with Gasteiger partial charge in [0, 0.05) is 6.54 Å². The van der Waals surface area contributed by atoms with E-state index < -0.39 is 0 Å². The number of rotatable bonds is 4. The Morgan fingerprint density at radius 1 is 1.65 bits per heavy atom. The van der Waals surface area contributed by atoms with Gasteiger partial charge in [0.1, 0.15) is 18.7 Å². The molecule has 6 heteroatoms. The van der Waals surface area contributed by atoms with Crippen molar-refractivity contribution in [3.8, 4) is 0 Å². The van der Waals surface area contributed by atoms with Gasteiger partial charge >= 0.3 is 0 Å². The average Bonchev–Trinajstić information content (AvgIpc) is 2.95. The van der Waals surface area contributed by atoms with E-state index in [1.807, 2.05) is 0 Å². The molecular weight excluding hydrogens is 220 g/mol. The Kier molecular flexibility index (Phi) is 3.73. The second kappa shape index (κ2) is 5.27. The van der Waals surface area contributed by atoms with Crippen LogP contribution in [0, 0.1) is 5.92 Å². The largest absolute Gasteiger partial charge is 0.393 e. The Bertz CT molecular complexity index is 366. The molecule has 3 unspecified atom stereocenters. The third-order valence-corrected chi connectivity index (χ3v) is 3.29. The summed E-state index contributed by atoms with van der Waals surface area (Å²) in [6.07, 6.45) is 5.38. The summed E-state index contributed by atoms with van der Waals surface area (Å²) in [5.41, 5.74) is 0. The maximum atomic E-state index is 11.8. The lowest BCUT2D eigenvalue weighted by Crippen LogP contribution is -2.34. The molecule has 1 amide bonds. The van der Waals surface area contributed by atoms with Crippen molar-refractivity contribution in [1.29, 1.82) is 0 Å². The highest BCUT2D eigenvalue weighted by Crippen LogP contribution is 2.24. The van der Waals surface area contributed by atoms with Gasteiger partial charge in [0.2, 0.25) is 5.91 Å². The minimum atomic E-state index is -0.344. The van der Waals surface area contributed by atoms with Crippen molar-refractivity contribution in [3.63, 3.8) is 0 Å². The topological polar surface area (TPSA) is 80.0 Å². The first-order chi connectivity index (χ1) is 8.16. The van der Waals surface area contributed by atoms with Crippen LogP contribution in [0.15, 0.2) is 12.7 Å². The highest BCUT2D eigenvalue weighted by molar-refractivity contribution is 5.79. The van der Waals surface area contributed by atoms with Gasteiger partial charge in [-0.1, -0.05) is 0 Å². The molecule has 0 aliphatic heterocycles. The van der Waals surface area contributed by atoms with E-state index in [0.717, 1.165) is 19.3 Å². The maximum absolute atomic E-state index is 11.8. The zero-order valence-corrected chi connectivity index (χ0v) is 9.91. The third-order valence-electron chi connectivity index (χ3n) is 3.29. The van der Waals surface area contributed by atoms with Crippen LogP contribution < -0.4 is 5.32 Å². The summed E-state index contributed by atoms with van der Waals surface area (Å²) in [6.45, 7) is 2.42. The van der Waals surface area contributed by atoms with Gasteiger partial charge in [-0.2, -0.15) is 5.10 Å². The molecule has 0 radical (unpaired) electrons. The molecule has 1 aromatic rings. The van der Waals surface area contributed by atoms with Crippen LogP contribution in [0.1, 0.15) is 32.2 Å². The smallest absolute Gasteiger partial charge is 0.244 e. The fourth-order valence-corrected chi connectivity index (χ4v) is 2.16. The predicted octanol–water partition coefficient (Wildman–Crippen LogP) is 0.116. The zero-order valence-electron chi connectivity index (χ0n) is 9.91. The number of aliphatic hydroxyl groups excluding tert-OH is 1. The molecule has 6 nitrogen and oxygen atoms in total. The monoisotopic (exact) mass is 238 g/mol. The van der Waals surface area contributed by atoms with Gasteiger partial charge in [0.15, 0.2) is 0 Å². The number of hydrogen-bond acceptors (Lipinski definition) is 4. The third kappa shape index (κ3) is 3.03. The minimum absolute atomic E-state index is 0.0584. The molecule has 1 aliphatic rings. The molecule has 1 aromatic heterocycles. The Morgan fingerprint density at radius 3 is 3.06 bits per heavy atom. The molecule has 17 heavy (non-hydrogen) atoms. The van der Waals surface area contributed by atoms with Crippen LogP contribution in [0.2, 0.25) is 0 Å². The minimum Gasteiger partial charge on any atom is -0.393 e. The molecule has 1 aliphatic carbocycles. The summed E-state index contributed by atoms with van der Waals surface area (Å²) in [5, 5.41) is 16.2. The van der Waals surface area contributed by atoms with E-state index in [4.69, 9.17) is 0 Å². The van der Waals surface area contributed by atoms with Crippen molar-refractivity contribution in [1.82, 2.24) is 20.1 Å². The van der Waals surface area contributed by atoms with Crippen LogP contribution in [0.25, 0.3) is 0 Å². The van der Waals surface area contributed by atoms with E-state index in [0.29, 0.717) is 12.5 Å². The van der Waals surface area contributed by atoms with Crippen molar-refractivity contribution in [2.24, 2.45) is 5.92 Å². The van der Waals surface area contributed by atoms with Crippen molar-refractivity contribution in [2.75, 3.05) is 6.54 Å². The van der Waals surface area contributed by atoms with Crippen molar-refractivity contribution in [2.45, 2.75) is 38.3 Å². The lowest BCUT2D eigenvalue weighted by Gasteiger charge is -2.14. The Balaban J connectivity index is 1.77. The number of nitrogens with zero attached hydrogens (tertiary/aromatic N) is 3. The number of amides is 1. The van der Waals surface area contributed by atoms with Crippen molar-refractivity contribution in [3.05, 3.63) is 12.7 Å². The molecule has 2 rings (SSSR count). The van der Waals surface area contributed by atoms with Crippen LogP contribution in [-0.2, 0) is 4.79 Å². The fourth-order valence-electron chi connectivity index (χ4n) is 2.16. The lowest BCUT2D eigenvalue weighted by molar-refractivity contribution is -0.124. The zero-order chi connectivity index (χ0) is 12.3. The fraction of sp³-hybridized carbons (Fsp3) is 0.727. The predicted molar refractivity (Wildman–Crippen MR) is 61.1 cm³/mol. The lowest BCUT2D eigenvalue weighted by atomic mass is 10.1. The highest BCUT2D eigenvalue weighted by Gasteiger charge is 2.24. The number of aromatic nitrogens is 3. The van der Waals surface area contributed by atoms with Crippen molar-refractivity contribution >= 4 is 5.91 Å². The Hall–Kier alpha value is -1.43. The van der Waals surface area contributed by atoms with Gasteiger partial charge in [-0.3, -0.25) is 4.79 Å². The molecule has 2 N–H and O–H groups in total. The highest BCUT2D eigenvalue weighted by atomic mass is 16.3. The number of carbonyl (C=O) groups excluding carboxylic acids is 1. The number of aliphatic hydroxyl groups is 1. The van der Waals surface area contributed by atoms with Crippen LogP contribution >= 0.6 is 0 Å². The molecule has 1 saturated carbocycles. The summed E-state index contributed by atoms with van der Waals surface area (Å²) in [7, 11) is 0. The standard InChI is InChI=1S/C11H18N4O2/c1-8(15-7-12-6-14-15)11(17)13-5-9-2-3-10(16)4-9/h6-10,16H,2-5H2,1H3,(H,13,17). The first kappa shape index (κ1) is 12.0. The second-order valence-corrected chi connectivity index (χ2v) is 4.63. The van der Waals surface area contributed by atoms with E-state index in [2.05, 4.69) is 15.4 Å². The molecule has 0 aromatic carbocycles. The normalized spacial score (nSPS) is 25.8. The van der Waals surface area contributed by atoms with Crippen LogP contribution in [0.5, 0.6) is 0 Å². The first-order valence-electron chi connectivity index (χ1n) is 5.96. The van der Waals surface area contributed by atoms with Gasteiger partial charge in [-0.25, -0.2) is 9.67 Å². The van der Waals surface area contributed by atoms with Gasteiger partial charge in [-0.15, -0.1) is 0 Å². The molecule has 1 fully saturated rings. The van der Waals surface area contributed by atoms with E-state index in [1.54, 1.807) is 6.92 Å². The van der Waals surface area contributed by atoms with Gasteiger partial charge in [-0.05, 0) is 32.1 Å². The quantitative estimate of drug-likeness (QED) is 0.780. The molecular formula is C11H18N4O2. The van der Waals surface area contributed by atoms with Crippen molar-refractivity contribution < 1.29 is 9.90 Å². The van der Waals surface area contributed by atoms with Crippen LogP contribution in [0.4, 0.5) is 0 Å². The first-order valence-corrected chi connectivity index (χ1v) is 5.96. The summed E-state index contributed by atoms with van der Waals surface area (Å²) >= 11 is 0. The molecule has 1 heterocycles. The summed E-state index contributed by atoms with van der Waals surface area (Å²) in [6, 6.07) is -0.344. The Morgan fingerprint density at radius 2 is 2.47 bits per heavy atom. The molecule has 0 bridgehead atoms. The van der Waals surface area contributed by atoms with Crippen LogP contribution in [0.3, 0.4) is 0 Å². The number of carbonyl (C=O) groups is 1. The summed E-state index contributed by atoms with van der Waals surface area (Å²) in [4.78, 5) is 15.6. The maximum Gasteiger partial charge on any atom is 0.244 e. The molecule has 94 valence electrons. The van der Waals surface area contributed by atoms with Gasteiger partial charge in [0.25, 0.3) is 0 Å². The number of hydrogen-bond donors (Lipinski definition) is 2. The van der Waals surface area contributed by atoms with Crippen LogP contribution in [-0.4, -0.2) is 38.4 Å². The molecule has 0 spiro atoms. The average molecular weight is 238 g/mol. The van der Waals surface area contributed by atoms with Gasteiger partial charge < -0.3 is 10.4 Å².